The number of aromatic nitrogens is 2. The molecule has 1 heterocycles. The summed E-state index contributed by atoms with van der Waals surface area (Å²) in [4.78, 5) is 10.5. The number of aryl methyl sites for hydroxylation is 1. The van der Waals surface area contributed by atoms with Crippen LogP contribution in [0.2, 0.25) is 0 Å². The van der Waals surface area contributed by atoms with Gasteiger partial charge in [0.1, 0.15) is 25.5 Å². The normalized spacial score (nSPS) is 9.87. The Labute approximate surface area is 88.2 Å². The van der Waals surface area contributed by atoms with Gasteiger partial charge in [-0.25, -0.2) is 9.13 Å². The van der Waals surface area contributed by atoms with Crippen molar-refractivity contribution in [2.24, 2.45) is 0 Å². The molecule has 1 aromatic rings. The van der Waals surface area contributed by atoms with E-state index in [9.17, 15) is 9.90 Å². The summed E-state index contributed by atoms with van der Waals surface area (Å²) in [5.41, 5.74) is 0. The molecular weight excluding hydrogens is 194 g/mol. The van der Waals surface area contributed by atoms with Crippen LogP contribution in [-0.4, -0.2) is 10.5 Å². The summed E-state index contributed by atoms with van der Waals surface area (Å²) in [5.74, 6) is -0.206. The standard InChI is InChI=1S/C10H13N3O2/c1-2-9-12(5-3-4-11)6-7-13(9)8-10(14)15/h6-7H,2-3,5,8H2,1H3. The highest BCUT2D eigenvalue weighted by Gasteiger charge is 2.14. The minimum Gasteiger partial charge on any atom is -0.546 e. The number of nitriles is 1. The van der Waals surface area contributed by atoms with Gasteiger partial charge in [-0.3, -0.25) is 0 Å². The largest absolute Gasteiger partial charge is 0.546 e. The van der Waals surface area contributed by atoms with Crippen LogP contribution in [0, 0.1) is 11.3 Å². The Bertz CT molecular complexity index is 390. The maximum Gasteiger partial charge on any atom is 0.256 e. The van der Waals surface area contributed by atoms with E-state index in [-0.39, 0.29) is 6.54 Å². The first-order chi connectivity index (χ1) is 7.19. The molecule has 5 heteroatoms. The number of carbonyl (C=O) groups is 1. The SMILES string of the molecule is CCc1n(CCC#N)cc[n+]1CC(=O)[O-]. The number of aliphatic carboxylic acids is 1. The molecule has 0 fully saturated rings. The van der Waals surface area contributed by atoms with E-state index in [2.05, 4.69) is 6.07 Å². The van der Waals surface area contributed by atoms with Crippen molar-refractivity contribution in [3.63, 3.8) is 0 Å². The third-order valence-corrected chi connectivity index (χ3v) is 2.17. The van der Waals surface area contributed by atoms with Crippen molar-refractivity contribution in [1.82, 2.24) is 4.57 Å². The summed E-state index contributed by atoms with van der Waals surface area (Å²) < 4.78 is 3.53. The van der Waals surface area contributed by atoms with E-state index >= 15 is 0 Å². The van der Waals surface area contributed by atoms with Crippen molar-refractivity contribution in [1.29, 1.82) is 5.26 Å². The Kier molecular flexibility index (Phi) is 3.86. The fourth-order valence-electron chi connectivity index (χ4n) is 1.56. The molecule has 1 rings (SSSR count). The van der Waals surface area contributed by atoms with Gasteiger partial charge in [-0.15, -0.1) is 0 Å². The summed E-state index contributed by atoms with van der Waals surface area (Å²) in [6.45, 7) is 2.41. The third kappa shape index (κ3) is 2.81. The van der Waals surface area contributed by atoms with Gasteiger partial charge in [0.15, 0.2) is 0 Å². The van der Waals surface area contributed by atoms with Gasteiger partial charge in [-0.2, -0.15) is 5.26 Å². The van der Waals surface area contributed by atoms with Gasteiger partial charge in [0.25, 0.3) is 5.82 Å². The highest BCUT2D eigenvalue weighted by atomic mass is 16.4. The highest BCUT2D eigenvalue weighted by Crippen LogP contribution is 1.98. The van der Waals surface area contributed by atoms with E-state index < -0.39 is 5.97 Å². The minimum absolute atomic E-state index is 0.136. The van der Waals surface area contributed by atoms with Crippen molar-refractivity contribution in [2.75, 3.05) is 0 Å². The van der Waals surface area contributed by atoms with E-state index in [1.807, 2.05) is 11.5 Å². The van der Waals surface area contributed by atoms with Crippen LogP contribution in [0.3, 0.4) is 0 Å². The number of nitrogens with zero attached hydrogens (tertiary/aromatic N) is 3. The Morgan fingerprint density at radius 3 is 3.00 bits per heavy atom. The fourth-order valence-corrected chi connectivity index (χ4v) is 1.56. The second-order valence-corrected chi connectivity index (χ2v) is 3.17. The van der Waals surface area contributed by atoms with Gasteiger partial charge < -0.3 is 9.90 Å². The Morgan fingerprint density at radius 1 is 1.73 bits per heavy atom. The molecule has 0 saturated heterocycles. The van der Waals surface area contributed by atoms with Gasteiger partial charge in [-0.1, -0.05) is 6.92 Å². The van der Waals surface area contributed by atoms with Crippen LogP contribution < -0.4 is 9.67 Å². The average Bonchev–Trinajstić information content (AvgIpc) is 2.56. The second kappa shape index (κ2) is 5.15. The lowest BCUT2D eigenvalue weighted by atomic mass is 10.4. The first-order valence-electron chi connectivity index (χ1n) is 4.83. The lowest BCUT2D eigenvalue weighted by Crippen LogP contribution is -2.45. The molecule has 0 radical (unpaired) electrons. The summed E-state index contributed by atoms with van der Waals surface area (Å²) in [5, 5.41) is 18.9. The van der Waals surface area contributed by atoms with Crippen molar-refractivity contribution >= 4 is 5.97 Å². The highest BCUT2D eigenvalue weighted by molar-refractivity contribution is 5.62. The van der Waals surface area contributed by atoms with Crippen LogP contribution in [-0.2, 0) is 24.3 Å². The zero-order chi connectivity index (χ0) is 11.3. The number of rotatable bonds is 5. The molecule has 0 aliphatic carbocycles. The molecule has 0 saturated carbocycles. The summed E-state index contributed by atoms with van der Waals surface area (Å²) in [6, 6.07) is 2.06. The van der Waals surface area contributed by atoms with Crippen molar-refractivity contribution in [3.05, 3.63) is 18.2 Å². The molecule has 0 spiro atoms. The number of carboxylic acids is 1. The molecule has 5 nitrogen and oxygen atoms in total. The quantitative estimate of drug-likeness (QED) is 0.581. The van der Waals surface area contributed by atoms with E-state index in [0.717, 1.165) is 12.2 Å². The van der Waals surface area contributed by atoms with Gasteiger partial charge in [0, 0.05) is 6.42 Å². The number of imidazole rings is 1. The van der Waals surface area contributed by atoms with Crippen LogP contribution in [0.1, 0.15) is 19.2 Å². The van der Waals surface area contributed by atoms with E-state index in [4.69, 9.17) is 5.26 Å². The molecule has 0 aliphatic heterocycles. The van der Waals surface area contributed by atoms with E-state index in [1.54, 1.807) is 17.0 Å². The predicted molar refractivity (Wildman–Crippen MR) is 49.2 cm³/mol. The molecule has 0 aliphatic rings. The monoisotopic (exact) mass is 207 g/mol. The molecule has 1 aromatic heterocycles. The third-order valence-electron chi connectivity index (χ3n) is 2.17. The summed E-state index contributed by atoms with van der Waals surface area (Å²) >= 11 is 0. The van der Waals surface area contributed by atoms with Gasteiger partial charge in [0.2, 0.25) is 0 Å². The number of hydrogen-bond donors (Lipinski definition) is 0. The van der Waals surface area contributed by atoms with E-state index in [0.29, 0.717) is 13.0 Å². The average molecular weight is 207 g/mol. The molecule has 15 heavy (non-hydrogen) atoms. The molecule has 80 valence electrons. The zero-order valence-corrected chi connectivity index (χ0v) is 8.64. The summed E-state index contributed by atoms with van der Waals surface area (Å²) in [6.07, 6.45) is 4.64. The van der Waals surface area contributed by atoms with Crippen molar-refractivity contribution in [3.8, 4) is 6.07 Å². The molecule has 0 unspecified atom stereocenters. The molecule has 0 aromatic carbocycles. The maximum absolute atomic E-state index is 10.5. The van der Waals surface area contributed by atoms with Crippen LogP contribution in [0.4, 0.5) is 0 Å². The Balaban J connectivity index is 2.85. The Hall–Kier alpha value is -1.83. The number of hydrogen-bond acceptors (Lipinski definition) is 3. The maximum atomic E-state index is 10.5. The molecular formula is C10H13N3O2. The topological polar surface area (TPSA) is 72.7 Å². The Morgan fingerprint density at radius 2 is 2.47 bits per heavy atom. The van der Waals surface area contributed by atoms with Gasteiger partial charge in [0.05, 0.1) is 18.5 Å². The first-order valence-corrected chi connectivity index (χ1v) is 4.83. The molecule has 0 N–H and O–H groups in total. The molecule has 0 bridgehead atoms. The fraction of sp³-hybridized carbons (Fsp3) is 0.500. The summed E-state index contributed by atoms with van der Waals surface area (Å²) in [7, 11) is 0. The van der Waals surface area contributed by atoms with Crippen LogP contribution in [0.5, 0.6) is 0 Å². The smallest absolute Gasteiger partial charge is 0.256 e. The second-order valence-electron chi connectivity index (χ2n) is 3.17. The van der Waals surface area contributed by atoms with Crippen molar-refractivity contribution < 1.29 is 14.5 Å². The van der Waals surface area contributed by atoms with Gasteiger partial charge in [-0.05, 0) is 0 Å². The number of carbonyl (C=O) groups excluding carboxylic acids is 1. The lowest BCUT2D eigenvalue weighted by Gasteiger charge is -2.02. The van der Waals surface area contributed by atoms with Crippen molar-refractivity contribution in [2.45, 2.75) is 32.9 Å². The first kappa shape index (κ1) is 11.2. The zero-order valence-electron chi connectivity index (χ0n) is 8.64. The molecule has 0 amide bonds. The van der Waals surface area contributed by atoms with Crippen LogP contribution in [0.15, 0.2) is 12.4 Å². The van der Waals surface area contributed by atoms with Crippen LogP contribution >= 0.6 is 0 Å². The minimum atomic E-state index is -1.10. The predicted octanol–water partition coefficient (Wildman–Crippen LogP) is -0.998. The van der Waals surface area contributed by atoms with E-state index in [1.165, 1.54) is 0 Å². The van der Waals surface area contributed by atoms with Gasteiger partial charge >= 0.3 is 0 Å². The van der Waals surface area contributed by atoms with Crippen LogP contribution in [0.25, 0.3) is 0 Å². The lowest BCUT2D eigenvalue weighted by molar-refractivity contribution is -0.697. The number of carboxylic acid groups (broad SMARTS) is 1. The molecule has 0 atom stereocenters.